The van der Waals surface area contributed by atoms with Crippen LogP contribution in [0.4, 0.5) is 11.5 Å². The van der Waals surface area contributed by atoms with Crippen LogP contribution < -0.4 is 22.1 Å². The first-order valence-electron chi connectivity index (χ1n) is 5.95. The molecule has 1 aromatic heterocycles. The molecule has 9 nitrogen and oxygen atoms in total. The van der Waals surface area contributed by atoms with E-state index in [1.165, 1.54) is 7.05 Å². The fourth-order valence-electron chi connectivity index (χ4n) is 2.31. The minimum absolute atomic E-state index is 0.0959. The number of rotatable bonds is 3. The maximum absolute atomic E-state index is 11.8. The van der Waals surface area contributed by atoms with Gasteiger partial charge < -0.3 is 0 Å². The number of hydrogen-bond donors (Lipinski definition) is 2. The summed E-state index contributed by atoms with van der Waals surface area (Å²) in [5.41, 5.74) is -2.38. The largest absolute Gasteiger partial charge is 0.375 e. The predicted molar refractivity (Wildman–Crippen MR) is 67.9 cm³/mol. The molecule has 1 aliphatic rings. The van der Waals surface area contributed by atoms with Crippen LogP contribution in [0.1, 0.15) is 25.7 Å². The van der Waals surface area contributed by atoms with Crippen molar-refractivity contribution in [3.8, 4) is 0 Å². The average Bonchev–Trinajstić information content (AvgIpc) is 2.87. The Bertz CT molecular complexity index is 613. The Morgan fingerprint density at radius 1 is 1.42 bits per heavy atom. The number of H-pyrrole nitrogens is 1. The molecule has 0 spiro atoms. The van der Waals surface area contributed by atoms with E-state index in [1.54, 1.807) is 0 Å². The molecule has 1 heterocycles. The number of hydrazine groups is 1. The van der Waals surface area contributed by atoms with Crippen molar-refractivity contribution >= 4 is 11.5 Å². The second kappa shape index (κ2) is 4.84. The Morgan fingerprint density at radius 3 is 2.53 bits per heavy atom. The Labute approximate surface area is 107 Å². The molecule has 2 rings (SSSR count). The van der Waals surface area contributed by atoms with Crippen LogP contribution in [0.15, 0.2) is 9.59 Å². The maximum Gasteiger partial charge on any atom is 0.375 e. The molecule has 0 bridgehead atoms. The van der Waals surface area contributed by atoms with Gasteiger partial charge in [-0.25, -0.2) is 10.6 Å². The summed E-state index contributed by atoms with van der Waals surface area (Å²) in [4.78, 5) is 35.9. The van der Waals surface area contributed by atoms with E-state index in [4.69, 9.17) is 5.84 Å². The quantitative estimate of drug-likeness (QED) is 0.437. The zero-order valence-corrected chi connectivity index (χ0v) is 10.5. The number of nitrogens with zero attached hydrogens (tertiary/aromatic N) is 3. The van der Waals surface area contributed by atoms with E-state index in [0.29, 0.717) is 4.57 Å². The topological polar surface area (TPSA) is 127 Å². The summed E-state index contributed by atoms with van der Waals surface area (Å²) in [5, 5.41) is 12.2. The summed E-state index contributed by atoms with van der Waals surface area (Å²) in [5.74, 6) is 5.62. The van der Waals surface area contributed by atoms with Gasteiger partial charge in [-0.1, -0.05) is 12.8 Å². The average molecular weight is 269 g/mol. The predicted octanol–water partition coefficient (Wildman–Crippen LogP) is -0.395. The van der Waals surface area contributed by atoms with Gasteiger partial charge in [-0.2, -0.15) is 0 Å². The van der Waals surface area contributed by atoms with Crippen LogP contribution in [-0.4, -0.2) is 20.5 Å². The maximum atomic E-state index is 11.8. The first kappa shape index (κ1) is 13.3. The van der Waals surface area contributed by atoms with E-state index < -0.39 is 21.9 Å². The van der Waals surface area contributed by atoms with Crippen LogP contribution in [0.5, 0.6) is 0 Å². The van der Waals surface area contributed by atoms with E-state index in [9.17, 15) is 19.7 Å². The van der Waals surface area contributed by atoms with Crippen LogP contribution in [-0.2, 0) is 7.05 Å². The molecule has 1 saturated carbocycles. The lowest BCUT2D eigenvalue weighted by Gasteiger charge is -2.24. The molecule has 104 valence electrons. The standard InChI is InChI=1S/C10H15N5O4/c1-13-9(16)7(15(18)19)8(12-10(13)17)14(11)6-4-2-3-5-6/h6H,2-5,11H2,1H3,(H,12,17). The monoisotopic (exact) mass is 269 g/mol. The number of anilines is 1. The number of aromatic amines is 1. The van der Waals surface area contributed by atoms with Gasteiger partial charge in [0, 0.05) is 13.1 Å². The fourth-order valence-corrected chi connectivity index (χ4v) is 2.31. The van der Waals surface area contributed by atoms with Gasteiger partial charge in [-0.15, -0.1) is 0 Å². The molecule has 0 unspecified atom stereocenters. The van der Waals surface area contributed by atoms with Gasteiger partial charge in [0.05, 0.1) is 4.92 Å². The van der Waals surface area contributed by atoms with Crippen molar-refractivity contribution in [2.45, 2.75) is 31.7 Å². The highest BCUT2D eigenvalue weighted by Gasteiger charge is 2.30. The first-order valence-corrected chi connectivity index (χ1v) is 5.95. The summed E-state index contributed by atoms with van der Waals surface area (Å²) >= 11 is 0. The lowest BCUT2D eigenvalue weighted by Crippen LogP contribution is -2.44. The van der Waals surface area contributed by atoms with Crippen molar-refractivity contribution in [3.63, 3.8) is 0 Å². The van der Waals surface area contributed by atoms with Crippen molar-refractivity contribution < 1.29 is 4.92 Å². The van der Waals surface area contributed by atoms with E-state index in [0.717, 1.165) is 30.7 Å². The molecule has 0 radical (unpaired) electrons. The van der Waals surface area contributed by atoms with Crippen molar-refractivity contribution in [1.29, 1.82) is 0 Å². The summed E-state index contributed by atoms with van der Waals surface area (Å²) < 4.78 is 0.657. The second-order valence-electron chi connectivity index (χ2n) is 4.59. The highest BCUT2D eigenvalue weighted by Crippen LogP contribution is 2.27. The van der Waals surface area contributed by atoms with E-state index in [1.807, 2.05) is 0 Å². The summed E-state index contributed by atoms with van der Waals surface area (Å²) in [6, 6.07) is -0.0959. The van der Waals surface area contributed by atoms with Crippen LogP contribution in [0.25, 0.3) is 0 Å². The van der Waals surface area contributed by atoms with E-state index in [-0.39, 0.29) is 11.9 Å². The third-order valence-corrected chi connectivity index (χ3v) is 3.42. The van der Waals surface area contributed by atoms with Crippen LogP contribution in [0.3, 0.4) is 0 Å². The molecule has 0 aromatic carbocycles. The fraction of sp³-hybridized carbons (Fsp3) is 0.600. The van der Waals surface area contributed by atoms with Gasteiger partial charge in [0.15, 0.2) is 0 Å². The molecule has 19 heavy (non-hydrogen) atoms. The molecule has 1 aromatic rings. The van der Waals surface area contributed by atoms with Crippen molar-refractivity contribution in [2.75, 3.05) is 5.01 Å². The molecule has 0 saturated heterocycles. The SMILES string of the molecule is Cn1c(=O)[nH]c(N(N)C2CCCC2)c([N+](=O)[O-])c1=O. The van der Waals surface area contributed by atoms with Crippen molar-refractivity contribution in [2.24, 2.45) is 12.9 Å². The molecular formula is C10H15N5O4. The smallest absolute Gasteiger partial charge is 0.287 e. The number of aromatic nitrogens is 2. The Morgan fingerprint density at radius 2 is 2.00 bits per heavy atom. The molecule has 0 atom stereocenters. The normalized spacial score (nSPS) is 15.7. The first-order chi connectivity index (χ1) is 8.93. The van der Waals surface area contributed by atoms with Gasteiger partial charge in [0.25, 0.3) is 0 Å². The van der Waals surface area contributed by atoms with Crippen LogP contribution in [0, 0.1) is 10.1 Å². The third kappa shape index (κ3) is 2.24. The highest BCUT2D eigenvalue weighted by atomic mass is 16.6. The lowest BCUT2D eigenvalue weighted by atomic mass is 10.2. The van der Waals surface area contributed by atoms with Gasteiger partial charge in [-0.3, -0.25) is 29.5 Å². The second-order valence-corrected chi connectivity index (χ2v) is 4.59. The van der Waals surface area contributed by atoms with Crippen LogP contribution in [0.2, 0.25) is 0 Å². The van der Waals surface area contributed by atoms with Gasteiger partial charge in [-0.05, 0) is 12.8 Å². The number of nitro groups is 1. The number of hydrogen-bond acceptors (Lipinski definition) is 6. The summed E-state index contributed by atoms with van der Waals surface area (Å²) in [7, 11) is 1.17. The molecule has 0 amide bonds. The Balaban J connectivity index is 2.58. The summed E-state index contributed by atoms with van der Waals surface area (Å²) in [6.07, 6.45) is 3.51. The number of nitrogens with two attached hydrogens (primary N) is 1. The zero-order valence-electron chi connectivity index (χ0n) is 10.5. The molecule has 1 fully saturated rings. The lowest BCUT2D eigenvalue weighted by molar-refractivity contribution is -0.386. The third-order valence-electron chi connectivity index (χ3n) is 3.42. The van der Waals surface area contributed by atoms with Crippen molar-refractivity contribution in [3.05, 3.63) is 31.0 Å². The Hall–Kier alpha value is -2.16. The van der Waals surface area contributed by atoms with E-state index in [2.05, 4.69) is 4.98 Å². The Kier molecular flexibility index (Phi) is 3.38. The number of nitrogens with one attached hydrogen (secondary N) is 1. The summed E-state index contributed by atoms with van der Waals surface area (Å²) in [6.45, 7) is 0. The van der Waals surface area contributed by atoms with Crippen LogP contribution >= 0.6 is 0 Å². The molecule has 0 aliphatic heterocycles. The highest BCUT2D eigenvalue weighted by molar-refractivity contribution is 5.55. The van der Waals surface area contributed by atoms with Gasteiger partial charge in [0.2, 0.25) is 5.82 Å². The van der Waals surface area contributed by atoms with E-state index >= 15 is 0 Å². The minimum atomic E-state index is -0.961. The van der Waals surface area contributed by atoms with Gasteiger partial charge >= 0.3 is 16.9 Å². The minimum Gasteiger partial charge on any atom is -0.287 e. The zero-order chi connectivity index (χ0) is 14.2. The molecular weight excluding hydrogens is 254 g/mol. The molecule has 3 N–H and O–H groups in total. The molecule has 9 heteroatoms. The van der Waals surface area contributed by atoms with Gasteiger partial charge in [0.1, 0.15) is 0 Å². The molecule has 1 aliphatic carbocycles. The van der Waals surface area contributed by atoms with Crippen molar-refractivity contribution in [1.82, 2.24) is 9.55 Å².